The van der Waals surface area contributed by atoms with Crippen LogP contribution in [0.25, 0.3) is 0 Å². The van der Waals surface area contributed by atoms with Crippen molar-refractivity contribution < 1.29 is 9.84 Å². The van der Waals surface area contributed by atoms with Gasteiger partial charge in [-0.2, -0.15) is 0 Å². The molecule has 0 radical (unpaired) electrons. The lowest BCUT2D eigenvalue weighted by molar-refractivity contribution is 0.281. The Kier molecular flexibility index (Phi) is 4.24. The first-order chi connectivity index (χ1) is 8.69. The van der Waals surface area contributed by atoms with Crippen LogP contribution in [0.2, 0.25) is 5.02 Å². The summed E-state index contributed by atoms with van der Waals surface area (Å²) in [4.78, 5) is 0. The molecule has 2 aromatic rings. The quantitative estimate of drug-likeness (QED) is 0.910. The molecule has 0 aromatic heterocycles. The molecule has 0 aliphatic rings. The first-order valence-electron chi connectivity index (χ1n) is 5.76. The van der Waals surface area contributed by atoms with E-state index in [0.717, 1.165) is 16.7 Å². The van der Waals surface area contributed by atoms with Crippen molar-refractivity contribution in [2.45, 2.75) is 20.1 Å². The number of aliphatic hydroxyl groups is 1. The molecule has 0 amide bonds. The second kappa shape index (κ2) is 5.89. The number of aryl methyl sites for hydroxylation is 1. The zero-order valence-corrected chi connectivity index (χ0v) is 10.9. The predicted octanol–water partition coefficient (Wildman–Crippen LogP) is 3.72. The summed E-state index contributed by atoms with van der Waals surface area (Å²) in [6, 6.07) is 13.4. The van der Waals surface area contributed by atoms with Crippen molar-refractivity contribution in [3.05, 3.63) is 64.2 Å². The van der Waals surface area contributed by atoms with E-state index in [4.69, 9.17) is 21.4 Å². The number of rotatable bonds is 4. The molecule has 1 N–H and O–H groups in total. The topological polar surface area (TPSA) is 29.5 Å². The molecule has 0 saturated carbocycles. The number of ether oxygens (including phenoxy) is 1. The highest BCUT2D eigenvalue weighted by Crippen LogP contribution is 2.25. The van der Waals surface area contributed by atoms with Crippen molar-refractivity contribution in [2.75, 3.05) is 0 Å². The molecule has 0 atom stereocenters. The summed E-state index contributed by atoms with van der Waals surface area (Å²) in [7, 11) is 0. The lowest BCUT2D eigenvalue weighted by Crippen LogP contribution is -1.96. The highest BCUT2D eigenvalue weighted by atomic mass is 35.5. The zero-order valence-electron chi connectivity index (χ0n) is 10.2. The molecule has 0 aliphatic heterocycles. The summed E-state index contributed by atoms with van der Waals surface area (Å²) >= 11 is 6.09. The third kappa shape index (κ3) is 3.25. The Hall–Kier alpha value is -1.51. The van der Waals surface area contributed by atoms with Crippen LogP contribution >= 0.6 is 11.6 Å². The van der Waals surface area contributed by atoms with Gasteiger partial charge in [0.1, 0.15) is 12.4 Å². The summed E-state index contributed by atoms with van der Waals surface area (Å²) in [5, 5.41) is 9.58. The summed E-state index contributed by atoms with van der Waals surface area (Å²) in [5.74, 6) is 0.688. The Morgan fingerprint density at radius 2 is 1.72 bits per heavy atom. The van der Waals surface area contributed by atoms with Crippen LogP contribution in [0.3, 0.4) is 0 Å². The van der Waals surface area contributed by atoms with Gasteiger partial charge >= 0.3 is 0 Å². The minimum absolute atomic E-state index is 0.0604. The van der Waals surface area contributed by atoms with Crippen molar-refractivity contribution >= 4 is 11.6 Å². The van der Waals surface area contributed by atoms with Gasteiger partial charge in [-0.05, 0) is 35.7 Å². The molecule has 0 spiro atoms. The van der Waals surface area contributed by atoms with E-state index < -0.39 is 0 Å². The van der Waals surface area contributed by atoms with Crippen molar-refractivity contribution in [3.8, 4) is 5.75 Å². The van der Waals surface area contributed by atoms with Crippen molar-refractivity contribution in [1.82, 2.24) is 0 Å². The number of benzene rings is 2. The van der Waals surface area contributed by atoms with Crippen molar-refractivity contribution in [3.63, 3.8) is 0 Å². The molecule has 3 heteroatoms. The van der Waals surface area contributed by atoms with Gasteiger partial charge in [0.15, 0.2) is 0 Å². The maximum Gasteiger partial charge on any atom is 0.138 e. The molecule has 0 aliphatic carbocycles. The summed E-state index contributed by atoms with van der Waals surface area (Å²) in [6.07, 6.45) is 0. The molecule has 2 rings (SSSR count). The molecule has 94 valence electrons. The smallest absolute Gasteiger partial charge is 0.138 e. The molecule has 2 aromatic carbocycles. The summed E-state index contributed by atoms with van der Waals surface area (Å²) < 4.78 is 5.66. The van der Waals surface area contributed by atoms with E-state index >= 15 is 0 Å². The third-order valence-corrected chi connectivity index (χ3v) is 2.98. The summed E-state index contributed by atoms with van der Waals surface area (Å²) in [5.41, 5.74) is 3.05. The first kappa shape index (κ1) is 12.9. The van der Waals surface area contributed by atoms with E-state index in [-0.39, 0.29) is 6.61 Å². The van der Waals surface area contributed by atoms with Gasteiger partial charge in [-0.3, -0.25) is 0 Å². The van der Waals surface area contributed by atoms with Gasteiger partial charge in [-0.1, -0.05) is 41.9 Å². The average Bonchev–Trinajstić information content (AvgIpc) is 2.38. The maximum absolute atomic E-state index is 8.95. The Labute approximate surface area is 112 Å². The van der Waals surface area contributed by atoms with Crippen LogP contribution < -0.4 is 4.74 Å². The molecule has 18 heavy (non-hydrogen) atoms. The Bertz CT molecular complexity index is 521. The second-order valence-corrected chi connectivity index (χ2v) is 4.60. The third-order valence-electron chi connectivity index (χ3n) is 2.69. The van der Waals surface area contributed by atoms with Crippen LogP contribution in [0.15, 0.2) is 42.5 Å². The van der Waals surface area contributed by atoms with E-state index in [1.807, 2.05) is 49.4 Å². The second-order valence-electron chi connectivity index (χ2n) is 4.20. The van der Waals surface area contributed by atoms with Gasteiger partial charge in [0.05, 0.1) is 11.6 Å². The number of aliphatic hydroxyl groups excluding tert-OH is 1. The molecule has 0 heterocycles. The van der Waals surface area contributed by atoms with Gasteiger partial charge in [0.2, 0.25) is 0 Å². The van der Waals surface area contributed by atoms with E-state index in [1.165, 1.54) is 0 Å². The molecular formula is C15H15ClO2. The van der Waals surface area contributed by atoms with Crippen LogP contribution in [0.1, 0.15) is 16.7 Å². The van der Waals surface area contributed by atoms with Gasteiger partial charge in [0, 0.05) is 0 Å². The fourth-order valence-electron chi connectivity index (χ4n) is 1.62. The highest BCUT2D eigenvalue weighted by Gasteiger charge is 2.02. The summed E-state index contributed by atoms with van der Waals surface area (Å²) in [6.45, 7) is 2.52. The minimum Gasteiger partial charge on any atom is -0.487 e. The Balaban J connectivity index is 2.02. The zero-order chi connectivity index (χ0) is 13.0. The number of hydrogen-bond donors (Lipinski definition) is 1. The Morgan fingerprint density at radius 1 is 1.06 bits per heavy atom. The van der Waals surface area contributed by atoms with Crippen LogP contribution in [0, 0.1) is 6.92 Å². The first-order valence-corrected chi connectivity index (χ1v) is 6.14. The highest BCUT2D eigenvalue weighted by molar-refractivity contribution is 6.32. The van der Waals surface area contributed by atoms with Crippen LogP contribution in [0.5, 0.6) is 5.75 Å². The standard InChI is InChI=1S/C15H15ClO2/c1-11-2-7-15(14(16)8-11)18-10-13-5-3-12(9-17)4-6-13/h2-8,17H,9-10H2,1H3. The van der Waals surface area contributed by atoms with Gasteiger partial charge < -0.3 is 9.84 Å². The van der Waals surface area contributed by atoms with Crippen molar-refractivity contribution in [2.24, 2.45) is 0 Å². The lowest BCUT2D eigenvalue weighted by atomic mass is 10.1. The van der Waals surface area contributed by atoms with Crippen LogP contribution in [0.4, 0.5) is 0 Å². The van der Waals surface area contributed by atoms with E-state index in [9.17, 15) is 0 Å². The van der Waals surface area contributed by atoms with Crippen molar-refractivity contribution in [1.29, 1.82) is 0 Å². The molecule has 0 fully saturated rings. The largest absolute Gasteiger partial charge is 0.487 e. The fraction of sp³-hybridized carbons (Fsp3) is 0.200. The lowest BCUT2D eigenvalue weighted by Gasteiger charge is -2.09. The van der Waals surface area contributed by atoms with Crippen LogP contribution in [-0.4, -0.2) is 5.11 Å². The minimum atomic E-state index is 0.0604. The van der Waals surface area contributed by atoms with E-state index in [0.29, 0.717) is 17.4 Å². The van der Waals surface area contributed by atoms with Crippen LogP contribution in [-0.2, 0) is 13.2 Å². The fourth-order valence-corrected chi connectivity index (χ4v) is 1.91. The van der Waals surface area contributed by atoms with Gasteiger partial charge in [-0.25, -0.2) is 0 Å². The molecule has 0 unspecified atom stereocenters. The van der Waals surface area contributed by atoms with Gasteiger partial charge in [-0.15, -0.1) is 0 Å². The molecule has 0 bridgehead atoms. The number of hydrogen-bond acceptors (Lipinski definition) is 2. The molecule has 0 saturated heterocycles. The monoisotopic (exact) mass is 262 g/mol. The average molecular weight is 263 g/mol. The maximum atomic E-state index is 8.95. The van der Waals surface area contributed by atoms with Gasteiger partial charge in [0.25, 0.3) is 0 Å². The molecule has 2 nitrogen and oxygen atoms in total. The normalized spacial score (nSPS) is 10.4. The predicted molar refractivity (Wildman–Crippen MR) is 72.9 cm³/mol. The Morgan fingerprint density at radius 3 is 2.33 bits per heavy atom. The SMILES string of the molecule is Cc1ccc(OCc2ccc(CO)cc2)c(Cl)c1. The van der Waals surface area contributed by atoms with E-state index in [1.54, 1.807) is 0 Å². The number of halogens is 1. The molecular weight excluding hydrogens is 248 g/mol. The van der Waals surface area contributed by atoms with E-state index in [2.05, 4.69) is 0 Å².